The highest BCUT2D eigenvalue weighted by molar-refractivity contribution is 5.79. The highest BCUT2D eigenvalue weighted by Gasteiger charge is 2.29. The van der Waals surface area contributed by atoms with Gasteiger partial charge in [0.15, 0.2) is 0 Å². The second-order valence-electron chi connectivity index (χ2n) is 5.97. The number of halogens is 3. The van der Waals surface area contributed by atoms with Gasteiger partial charge in [-0.2, -0.15) is 13.2 Å². The lowest BCUT2D eigenvalue weighted by Gasteiger charge is -2.32. The van der Waals surface area contributed by atoms with Gasteiger partial charge in [-0.3, -0.25) is 14.9 Å². The fourth-order valence-corrected chi connectivity index (χ4v) is 2.85. The standard InChI is InChI=1S/C16H20F3N3O4/c17-16(18,19)11-26-10-7-20-15(23)12-5-8-21(9-6-12)13-3-1-2-4-14(13)22(24)25/h1-4,12H,5-11H2,(H,20,23). The van der Waals surface area contributed by atoms with Crippen LogP contribution in [0.15, 0.2) is 24.3 Å². The summed E-state index contributed by atoms with van der Waals surface area (Å²) in [6, 6.07) is 6.44. The fourth-order valence-electron chi connectivity index (χ4n) is 2.85. The monoisotopic (exact) mass is 375 g/mol. The fraction of sp³-hybridized carbons (Fsp3) is 0.562. The van der Waals surface area contributed by atoms with Crippen LogP contribution in [0.5, 0.6) is 0 Å². The molecule has 1 aliphatic heterocycles. The van der Waals surface area contributed by atoms with Crippen LogP contribution in [-0.4, -0.2) is 49.9 Å². The van der Waals surface area contributed by atoms with Crippen molar-refractivity contribution in [2.45, 2.75) is 19.0 Å². The molecule has 7 nitrogen and oxygen atoms in total. The number of benzene rings is 1. The van der Waals surface area contributed by atoms with Crippen molar-refractivity contribution in [3.8, 4) is 0 Å². The number of hydrogen-bond acceptors (Lipinski definition) is 5. The summed E-state index contributed by atoms with van der Waals surface area (Å²) in [6.07, 6.45) is -3.35. The van der Waals surface area contributed by atoms with Crippen molar-refractivity contribution in [2.75, 3.05) is 37.7 Å². The third-order valence-electron chi connectivity index (χ3n) is 4.10. The second-order valence-corrected chi connectivity index (χ2v) is 5.97. The molecule has 0 aromatic heterocycles. The minimum atomic E-state index is -4.38. The van der Waals surface area contributed by atoms with E-state index in [1.54, 1.807) is 18.2 Å². The Morgan fingerprint density at radius 1 is 1.31 bits per heavy atom. The zero-order valence-corrected chi connectivity index (χ0v) is 14.0. The van der Waals surface area contributed by atoms with Crippen LogP contribution in [0.4, 0.5) is 24.5 Å². The summed E-state index contributed by atoms with van der Waals surface area (Å²) in [5.41, 5.74) is 0.550. The van der Waals surface area contributed by atoms with Crippen molar-refractivity contribution >= 4 is 17.3 Å². The molecule has 1 aliphatic rings. The van der Waals surface area contributed by atoms with E-state index in [9.17, 15) is 28.1 Å². The number of para-hydroxylation sites is 2. The maximum Gasteiger partial charge on any atom is 0.411 e. The largest absolute Gasteiger partial charge is 0.411 e. The lowest BCUT2D eigenvalue weighted by molar-refractivity contribution is -0.384. The van der Waals surface area contributed by atoms with Crippen LogP contribution < -0.4 is 10.2 Å². The van der Waals surface area contributed by atoms with Gasteiger partial charge in [-0.15, -0.1) is 0 Å². The van der Waals surface area contributed by atoms with Gasteiger partial charge in [0.2, 0.25) is 5.91 Å². The minimum absolute atomic E-state index is 0.0132. The number of carbonyl (C=O) groups is 1. The van der Waals surface area contributed by atoms with Crippen LogP contribution in [0.2, 0.25) is 0 Å². The average Bonchev–Trinajstić information content (AvgIpc) is 2.60. The quantitative estimate of drug-likeness (QED) is 0.450. The van der Waals surface area contributed by atoms with Crippen LogP contribution in [0.1, 0.15) is 12.8 Å². The molecule has 26 heavy (non-hydrogen) atoms. The van der Waals surface area contributed by atoms with E-state index in [4.69, 9.17) is 0 Å². The molecule has 1 amide bonds. The number of alkyl halides is 3. The molecule has 0 bridgehead atoms. The maximum atomic E-state index is 12.1. The average molecular weight is 375 g/mol. The summed E-state index contributed by atoms with van der Waals surface area (Å²) in [5, 5.41) is 13.7. The van der Waals surface area contributed by atoms with Crippen molar-refractivity contribution in [1.82, 2.24) is 5.32 Å². The Morgan fingerprint density at radius 2 is 1.96 bits per heavy atom. The second kappa shape index (κ2) is 8.84. The summed E-state index contributed by atoms with van der Waals surface area (Å²) in [5.74, 6) is -0.501. The smallest absolute Gasteiger partial charge is 0.370 e. The number of nitro groups is 1. The van der Waals surface area contributed by atoms with E-state index >= 15 is 0 Å². The number of ether oxygens (including phenoxy) is 1. The zero-order chi connectivity index (χ0) is 19.2. The summed E-state index contributed by atoms with van der Waals surface area (Å²) in [7, 11) is 0. The van der Waals surface area contributed by atoms with Crippen molar-refractivity contribution in [3.05, 3.63) is 34.4 Å². The maximum absolute atomic E-state index is 12.1. The minimum Gasteiger partial charge on any atom is -0.370 e. The lowest BCUT2D eigenvalue weighted by atomic mass is 9.95. The van der Waals surface area contributed by atoms with Crippen molar-refractivity contribution in [2.24, 2.45) is 5.92 Å². The van der Waals surface area contributed by atoms with Crippen LogP contribution in [-0.2, 0) is 9.53 Å². The predicted molar refractivity (Wildman–Crippen MR) is 87.9 cm³/mol. The first-order valence-electron chi connectivity index (χ1n) is 8.18. The number of anilines is 1. The Balaban J connectivity index is 1.76. The Hall–Kier alpha value is -2.36. The van der Waals surface area contributed by atoms with E-state index in [2.05, 4.69) is 10.1 Å². The summed E-state index contributed by atoms with van der Waals surface area (Å²) in [4.78, 5) is 24.6. The SMILES string of the molecule is O=C(NCCOCC(F)(F)F)C1CCN(c2ccccc2[N+](=O)[O-])CC1. The molecule has 1 aromatic rings. The van der Waals surface area contributed by atoms with E-state index in [1.165, 1.54) is 6.07 Å². The van der Waals surface area contributed by atoms with Gasteiger partial charge in [0.05, 0.1) is 11.5 Å². The van der Waals surface area contributed by atoms with Gasteiger partial charge in [-0.1, -0.05) is 12.1 Å². The number of hydrogen-bond donors (Lipinski definition) is 1. The Morgan fingerprint density at radius 3 is 2.58 bits per heavy atom. The third-order valence-corrected chi connectivity index (χ3v) is 4.10. The molecular weight excluding hydrogens is 355 g/mol. The van der Waals surface area contributed by atoms with E-state index < -0.39 is 17.7 Å². The summed E-state index contributed by atoms with van der Waals surface area (Å²) >= 11 is 0. The molecule has 0 saturated carbocycles. The molecule has 1 heterocycles. The molecule has 1 N–H and O–H groups in total. The number of carbonyl (C=O) groups excluding carboxylic acids is 1. The van der Waals surface area contributed by atoms with Gasteiger partial charge in [0, 0.05) is 31.6 Å². The molecule has 1 saturated heterocycles. The number of nitrogens with one attached hydrogen (secondary N) is 1. The highest BCUT2D eigenvalue weighted by Crippen LogP contribution is 2.31. The molecule has 10 heteroatoms. The van der Waals surface area contributed by atoms with Gasteiger partial charge in [-0.05, 0) is 18.9 Å². The first-order valence-corrected chi connectivity index (χ1v) is 8.18. The molecule has 1 fully saturated rings. The van der Waals surface area contributed by atoms with Crippen molar-refractivity contribution < 1.29 is 27.6 Å². The van der Waals surface area contributed by atoms with Gasteiger partial charge in [0.1, 0.15) is 12.3 Å². The first-order chi connectivity index (χ1) is 12.3. The number of nitro benzene ring substituents is 1. The normalized spacial score (nSPS) is 15.7. The van der Waals surface area contributed by atoms with Crippen molar-refractivity contribution in [1.29, 1.82) is 0 Å². The van der Waals surface area contributed by atoms with E-state index in [0.29, 0.717) is 31.6 Å². The Bertz CT molecular complexity index is 631. The third kappa shape index (κ3) is 5.87. The van der Waals surface area contributed by atoms with Gasteiger partial charge >= 0.3 is 6.18 Å². The summed E-state index contributed by atoms with van der Waals surface area (Å²) in [6.45, 7) is -0.544. The van der Waals surface area contributed by atoms with E-state index in [-0.39, 0.29) is 30.7 Å². The molecule has 144 valence electrons. The van der Waals surface area contributed by atoms with Crippen LogP contribution in [0.25, 0.3) is 0 Å². The first kappa shape index (κ1) is 20.0. The molecular formula is C16H20F3N3O4. The molecule has 0 aliphatic carbocycles. The van der Waals surface area contributed by atoms with E-state index in [1.807, 2.05) is 4.90 Å². The molecule has 0 radical (unpaired) electrons. The molecule has 1 aromatic carbocycles. The van der Waals surface area contributed by atoms with Crippen LogP contribution in [0, 0.1) is 16.0 Å². The summed E-state index contributed by atoms with van der Waals surface area (Å²) < 4.78 is 40.2. The number of piperidine rings is 1. The molecule has 2 rings (SSSR count). The van der Waals surface area contributed by atoms with Gasteiger partial charge < -0.3 is 15.0 Å². The molecule has 0 unspecified atom stereocenters. The topological polar surface area (TPSA) is 84.7 Å². The Kier molecular flexibility index (Phi) is 6.78. The lowest BCUT2D eigenvalue weighted by Crippen LogP contribution is -2.41. The predicted octanol–water partition coefficient (Wildman–Crippen LogP) is 2.51. The zero-order valence-electron chi connectivity index (χ0n) is 14.0. The van der Waals surface area contributed by atoms with Crippen LogP contribution >= 0.6 is 0 Å². The van der Waals surface area contributed by atoms with Gasteiger partial charge in [-0.25, -0.2) is 0 Å². The number of amides is 1. The number of nitrogens with zero attached hydrogens (tertiary/aromatic N) is 2. The van der Waals surface area contributed by atoms with Crippen LogP contribution in [0.3, 0.4) is 0 Å². The Labute approximate surface area is 148 Å². The van der Waals surface area contributed by atoms with Gasteiger partial charge in [0.25, 0.3) is 5.69 Å². The molecule has 0 spiro atoms. The van der Waals surface area contributed by atoms with E-state index in [0.717, 1.165) is 0 Å². The molecule has 0 atom stereocenters. The van der Waals surface area contributed by atoms with Crippen molar-refractivity contribution in [3.63, 3.8) is 0 Å². The number of rotatable bonds is 7. The highest BCUT2D eigenvalue weighted by atomic mass is 19.4.